The van der Waals surface area contributed by atoms with Gasteiger partial charge in [-0.1, -0.05) is 13.3 Å². The normalized spacial score (nSPS) is 40.7. The molecule has 3 aliphatic rings. The maximum Gasteiger partial charge on any atom is 0.223 e. The van der Waals surface area contributed by atoms with Gasteiger partial charge < -0.3 is 5.32 Å². The summed E-state index contributed by atoms with van der Waals surface area (Å²) in [6.45, 7) is 2.43. The van der Waals surface area contributed by atoms with E-state index in [2.05, 4.69) is 12.2 Å². The SMILES string of the molecule is CNC(=O)C1CCCC2(C)CCC1CC2. The highest BCUT2D eigenvalue weighted by molar-refractivity contribution is 5.78. The molecule has 86 valence electrons. The van der Waals surface area contributed by atoms with Gasteiger partial charge in [0, 0.05) is 13.0 Å². The predicted octanol–water partition coefficient (Wildman–Crippen LogP) is 2.73. The summed E-state index contributed by atoms with van der Waals surface area (Å²) in [7, 11) is 1.77. The van der Waals surface area contributed by atoms with Crippen LogP contribution in [-0.4, -0.2) is 13.0 Å². The van der Waals surface area contributed by atoms with Gasteiger partial charge in [-0.25, -0.2) is 0 Å². The van der Waals surface area contributed by atoms with E-state index in [9.17, 15) is 4.79 Å². The smallest absolute Gasteiger partial charge is 0.223 e. The first-order valence-electron chi connectivity index (χ1n) is 6.36. The summed E-state index contributed by atoms with van der Waals surface area (Å²) in [5.74, 6) is 1.25. The van der Waals surface area contributed by atoms with Crippen molar-refractivity contribution in [1.82, 2.24) is 5.32 Å². The second kappa shape index (κ2) is 4.15. The van der Waals surface area contributed by atoms with Crippen molar-refractivity contribution in [3.63, 3.8) is 0 Å². The molecular formula is C13H23NO. The highest BCUT2D eigenvalue weighted by atomic mass is 16.1. The van der Waals surface area contributed by atoms with Crippen molar-refractivity contribution < 1.29 is 4.79 Å². The molecular weight excluding hydrogens is 186 g/mol. The third kappa shape index (κ3) is 2.19. The molecule has 0 aromatic carbocycles. The fraction of sp³-hybridized carbons (Fsp3) is 0.923. The first-order chi connectivity index (χ1) is 7.14. The Hall–Kier alpha value is -0.530. The van der Waals surface area contributed by atoms with Gasteiger partial charge in [0.15, 0.2) is 0 Å². The Morgan fingerprint density at radius 1 is 1.20 bits per heavy atom. The van der Waals surface area contributed by atoms with Crippen LogP contribution in [0.2, 0.25) is 0 Å². The van der Waals surface area contributed by atoms with Gasteiger partial charge in [0.25, 0.3) is 0 Å². The zero-order valence-corrected chi connectivity index (χ0v) is 10.0. The molecule has 2 bridgehead atoms. The Bertz CT molecular complexity index is 235. The number of nitrogens with one attached hydrogen (secondary N) is 1. The van der Waals surface area contributed by atoms with Gasteiger partial charge in [-0.2, -0.15) is 0 Å². The molecule has 2 nitrogen and oxygen atoms in total. The average Bonchev–Trinajstić information content (AvgIpc) is 2.21. The second-order valence-electron chi connectivity index (χ2n) is 5.76. The van der Waals surface area contributed by atoms with Crippen LogP contribution in [0.5, 0.6) is 0 Å². The number of hydrogen-bond donors (Lipinski definition) is 1. The molecule has 0 heterocycles. The van der Waals surface area contributed by atoms with Crippen molar-refractivity contribution >= 4 is 5.91 Å². The lowest BCUT2D eigenvalue weighted by atomic mass is 9.63. The maximum atomic E-state index is 11.8. The quantitative estimate of drug-likeness (QED) is 0.707. The molecule has 1 unspecified atom stereocenters. The van der Waals surface area contributed by atoms with E-state index < -0.39 is 0 Å². The van der Waals surface area contributed by atoms with Crippen LogP contribution in [0.15, 0.2) is 0 Å². The lowest BCUT2D eigenvalue weighted by Crippen LogP contribution is -2.38. The van der Waals surface area contributed by atoms with Gasteiger partial charge in [-0.3, -0.25) is 4.79 Å². The van der Waals surface area contributed by atoms with E-state index in [1.54, 1.807) is 7.05 Å². The third-order valence-electron chi connectivity index (χ3n) is 4.69. The lowest BCUT2D eigenvalue weighted by molar-refractivity contribution is -0.128. The molecule has 0 saturated heterocycles. The summed E-state index contributed by atoms with van der Waals surface area (Å²) in [5, 5.41) is 2.84. The first-order valence-corrected chi connectivity index (χ1v) is 6.36. The molecule has 0 aromatic heterocycles. The Labute approximate surface area is 92.8 Å². The average molecular weight is 209 g/mol. The molecule has 3 saturated carbocycles. The van der Waals surface area contributed by atoms with E-state index in [-0.39, 0.29) is 5.91 Å². The van der Waals surface area contributed by atoms with Gasteiger partial charge in [-0.15, -0.1) is 0 Å². The van der Waals surface area contributed by atoms with Crippen molar-refractivity contribution in [1.29, 1.82) is 0 Å². The molecule has 0 radical (unpaired) electrons. The van der Waals surface area contributed by atoms with Crippen LogP contribution in [-0.2, 0) is 4.79 Å². The fourth-order valence-corrected chi connectivity index (χ4v) is 3.50. The van der Waals surface area contributed by atoms with Crippen molar-refractivity contribution in [2.45, 2.75) is 51.9 Å². The van der Waals surface area contributed by atoms with E-state index in [0.29, 0.717) is 17.3 Å². The Morgan fingerprint density at radius 3 is 2.47 bits per heavy atom. The van der Waals surface area contributed by atoms with Crippen LogP contribution in [0, 0.1) is 17.3 Å². The molecule has 1 amide bonds. The molecule has 1 atom stereocenters. The van der Waals surface area contributed by atoms with Crippen LogP contribution >= 0.6 is 0 Å². The van der Waals surface area contributed by atoms with Crippen LogP contribution in [0.25, 0.3) is 0 Å². The highest BCUT2D eigenvalue weighted by Crippen LogP contribution is 2.47. The summed E-state index contributed by atoms with van der Waals surface area (Å²) < 4.78 is 0. The van der Waals surface area contributed by atoms with Gasteiger partial charge >= 0.3 is 0 Å². The minimum Gasteiger partial charge on any atom is -0.359 e. The van der Waals surface area contributed by atoms with E-state index >= 15 is 0 Å². The number of hydrogen-bond acceptors (Lipinski definition) is 1. The van der Waals surface area contributed by atoms with Gasteiger partial charge in [-0.05, 0) is 49.9 Å². The fourth-order valence-electron chi connectivity index (χ4n) is 3.50. The van der Waals surface area contributed by atoms with Crippen LogP contribution < -0.4 is 5.32 Å². The molecule has 15 heavy (non-hydrogen) atoms. The number of fused-ring (bicyclic) bond motifs is 5. The first kappa shape index (κ1) is 11.0. The van der Waals surface area contributed by atoms with Crippen LogP contribution in [0.3, 0.4) is 0 Å². The number of carbonyl (C=O) groups is 1. The van der Waals surface area contributed by atoms with Crippen molar-refractivity contribution in [3.8, 4) is 0 Å². The molecule has 0 spiro atoms. The second-order valence-corrected chi connectivity index (χ2v) is 5.76. The number of amides is 1. The predicted molar refractivity (Wildman–Crippen MR) is 61.5 cm³/mol. The van der Waals surface area contributed by atoms with Gasteiger partial charge in [0.05, 0.1) is 0 Å². The maximum absolute atomic E-state index is 11.8. The van der Waals surface area contributed by atoms with E-state index in [1.165, 1.54) is 38.5 Å². The minimum absolute atomic E-state index is 0.283. The zero-order chi connectivity index (χ0) is 10.9. The highest BCUT2D eigenvalue weighted by Gasteiger charge is 2.38. The van der Waals surface area contributed by atoms with Crippen molar-refractivity contribution in [2.75, 3.05) is 7.05 Å². The lowest BCUT2D eigenvalue weighted by Gasteiger charge is -2.42. The van der Waals surface area contributed by atoms with Crippen LogP contribution in [0.4, 0.5) is 0 Å². The van der Waals surface area contributed by atoms with E-state index in [4.69, 9.17) is 0 Å². The van der Waals surface area contributed by atoms with E-state index in [1.807, 2.05) is 0 Å². The molecule has 0 aromatic rings. The van der Waals surface area contributed by atoms with Crippen molar-refractivity contribution in [2.24, 2.45) is 17.3 Å². The number of rotatable bonds is 1. The van der Waals surface area contributed by atoms with Crippen LogP contribution in [0.1, 0.15) is 51.9 Å². The summed E-state index contributed by atoms with van der Waals surface area (Å²) in [6.07, 6.45) is 8.90. The molecule has 3 aliphatic carbocycles. The van der Waals surface area contributed by atoms with Crippen molar-refractivity contribution in [3.05, 3.63) is 0 Å². The monoisotopic (exact) mass is 209 g/mol. The molecule has 1 N–H and O–H groups in total. The van der Waals surface area contributed by atoms with E-state index in [0.717, 1.165) is 6.42 Å². The zero-order valence-electron chi connectivity index (χ0n) is 10.0. The molecule has 2 heteroatoms. The third-order valence-corrected chi connectivity index (χ3v) is 4.69. The summed E-state index contributed by atoms with van der Waals surface area (Å²) in [4.78, 5) is 11.8. The van der Waals surface area contributed by atoms with Gasteiger partial charge in [0.2, 0.25) is 5.91 Å². The minimum atomic E-state index is 0.283. The van der Waals surface area contributed by atoms with Gasteiger partial charge in [0.1, 0.15) is 0 Å². The standard InChI is InChI=1S/C13H23NO/c1-13-7-3-4-11(12(15)14-2)10(5-8-13)6-9-13/h10-11H,3-9H2,1-2H3,(H,14,15). The topological polar surface area (TPSA) is 29.1 Å². The Morgan fingerprint density at radius 2 is 1.87 bits per heavy atom. The summed E-state index contributed by atoms with van der Waals surface area (Å²) in [5.41, 5.74) is 0.601. The molecule has 3 rings (SSSR count). The molecule has 0 aliphatic heterocycles. The number of carbonyl (C=O) groups excluding carboxylic acids is 1. The Kier molecular flexibility index (Phi) is 3.03. The Balaban J connectivity index is 2.07. The molecule has 3 fully saturated rings. The summed E-state index contributed by atoms with van der Waals surface area (Å²) >= 11 is 0. The summed E-state index contributed by atoms with van der Waals surface area (Å²) in [6, 6.07) is 0. The largest absolute Gasteiger partial charge is 0.359 e.